The van der Waals surface area contributed by atoms with E-state index in [-0.39, 0.29) is 11.5 Å². The molecule has 1 fully saturated rings. The minimum absolute atomic E-state index is 0.218. The minimum atomic E-state index is -1.05. The number of carbonyl (C=O) groups is 2. The van der Waals surface area contributed by atoms with Crippen molar-refractivity contribution in [2.45, 2.75) is 31.6 Å². The van der Waals surface area contributed by atoms with Gasteiger partial charge in [-0.25, -0.2) is 9.18 Å². The van der Waals surface area contributed by atoms with Gasteiger partial charge in [0, 0.05) is 24.5 Å². The van der Waals surface area contributed by atoms with E-state index in [0.29, 0.717) is 49.7 Å². The third kappa shape index (κ3) is 4.46. The van der Waals surface area contributed by atoms with Gasteiger partial charge in [-0.15, -0.1) is 0 Å². The van der Waals surface area contributed by atoms with E-state index in [0.717, 1.165) is 6.42 Å². The third-order valence-corrected chi connectivity index (χ3v) is 5.27. The summed E-state index contributed by atoms with van der Waals surface area (Å²) < 4.78 is 30.5. The number of rotatable bonds is 7. The fourth-order valence-corrected chi connectivity index (χ4v) is 3.65. The van der Waals surface area contributed by atoms with Crippen LogP contribution in [0.3, 0.4) is 0 Å². The molecule has 0 bridgehead atoms. The highest BCUT2D eigenvalue weighted by atomic mass is 19.1. The second-order valence-electron chi connectivity index (χ2n) is 7.18. The maximum Gasteiger partial charge on any atom is 0.341 e. The van der Waals surface area contributed by atoms with Gasteiger partial charge in [-0.1, -0.05) is 25.1 Å². The lowest BCUT2D eigenvalue weighted by molar-refractivity contribution is -0.125. The van der Waals surface area contributed by atoms with E-state index in [1.165, 1.54) is 19.2 Å². The molecule has 0 aromatic heterocycles. The van der Waals surface area contributed by atoms with Crippen LogP contribution in [0, 0.1) is 5.82 Å². The first-order chi connectivity index (χ1) is 14.5. The number of halogens is 1. The van der Waals surface area contributed by atoms with Gasteiger partial charge in [0.1, 0.15) is 17.1 Å². The first-order valence-corrected chi connectivity index (χ1v) is 10.0. The van der Waals surface area contributed by atoms with E-state index in [2.05, 4.69) is 5.32 Å². The molecule has 0 atom stereocenters. The molecule has 0 aliphatic carbocycles. The Balaban J connectivity index is 1.92. The molecule has 7 heteroatoms. The van der Waals surface area contributed by atoms with Gasteiger partial charge in [0.15, 0.2) is 0 Å². The van der Waals surface area contributed by atoms with Crippen LogP contribution >= 0.6 is 0 Å². The standard InChI is InChI=1S/C23H26FNO5/c1-3-12-30-20-9-8-16(15-17(20)21(26)28-2)25-22(27)23(10-13-29-14-11-23)18-6-4-5-7-19(18)24/h4-9,15H,3,10-14H2,1-2H3,(H,25,27). The van der Waals surface area contributed by atoms with Gasteiger partial charge in [0.2, 0.25) is 5.91 Å². The summed E-state index contributed by atoms with van der Waals surface area (Å²) in [6.45, 7) is 3.13. The number of methoxy groups -OCH3 is 1. The Morgan fingerprint density at radius 3 is 2.57 bits per heavy atom. The summed E-state index contributed by atoms with van der Waals surface area (Å²) in [6.07, 6.45) is 1.51. The highest BCUT2D eigenvalue weighted by Gasteiger charge is 2.43. The molecule has 0 spiro atoms. The first-order valence-electron chi connectivity index (χ1n) is 10.0. The highest BCUT2D eigenvalue weighted by molar-refractivity contribution is 6.01. The van der Waals surface area contributed by atoms with Crippen molar-refractivity contribution in [3.8, 4) is 5.75 Å². The van der Waals surface area contributed by atoms with Crippen molar-refractivity contribution >= 4 is 17.6 Å². The zero-order valence-corrected chi connectivity index (χ0v) is 17.2. The van der Waals surface area contributed by atoms with E-state index in [1.54, 1.807) is 30.3 Å². The molecule has 1 N–H and O–H groups in total. The number of ether oxygens (including phenoxy) is 3. The summed E-state index contributed by atoms with van der Waals surface area (Å²) in [5.74, 6) is -0.939. The van der Waals surface area contributed by atoms with Crippen LogP contribution in [-0.4, -0.2) is 38.8 Å². The maximum absolute atomic E-state index is 14.6. The van der Waals surface area contributed by atoms with Crippen LogP contribution in [0.15, 0.2) is 42.5 Å². The number of carbonyl (C=O) groups excluding carboxylic acids is 2. The molecule has 30 heavy (non-hydrogen) atoms. The molecule has 0 saturated carbocycles. The zero-order chi connectivity index (χ0) is 21.6. The summed E-state index contributed by atoms with van der Waals surface area (Å²) in [5, 5.41) is 2.86. The van der Waals surface area contributed by atoms with Gasteiger partial charge < -0.3 is 19.5 Å². The smallest absolute Gasteiger partial charge is 0.341 e. The second-order valence-corrected chi connectivity index (χ2v) is 7.18. The molecular weight excluding hydrogens is 389 g/mol. The number of esters is 1. The molecular formula is C23H26FNO5. The van der Waals surface area contributed by atoms with Crippen molar-refractivity contribution in [1.29, 1.82) is 0 Å². The van der Waals surface area contributed by atoms with Crippen molar-refractivity contribution in [3.05, 3.63) is 59.4 Å². The lowest BCUT2D eigenvalue weighted by Gasteiger charge is -2.36. The van der Waals surface area contributed by atoms with Gasteiger partial charge in [0.25, 0.3) is 0 Å². The molecule has 1 amide bonds. The Morgan fingerprint density at radius 1 is 1.17 bits per heavy atom. The normalized spacial score (nSPS) is 15.3. The third-order valence-electron chi connectivity index (χ3n) is 5.27. The first kappa shape index (κ1) is 21.8. The molecule has 1 aliphatic rings. The minimum Gasteiger partial charge on any atom is -0.493 e. The van der Waals surface area contributed by atoms with Gasteiger partial charge in [-0.3, -0.25) is 4.79 Å². The Hall–Kier alpha value is -2.93. The summed E-state index contributed by atoms with van der Waals surface area (Å²) in [5.41, 5.74) is -0.0733. The Bertz CT molecular complexity index is 908. The molecule has 160 valence electrons. The molecule has 1 heterocycles. The van der Waals surface area contributed by atoms with E-state index in [4.69, 9.17) is 14.2 Å². The van der Waals surface area contributed by atoms with Crippen molar-refractivity contribution in [2.75, 3.05) is 32.2 Å². The lowest BCUT2D eigenvalue weighted by atomic mass is 9.73. The molecule has 0 radical (unpaired) electrons. The molecule has 1 aliphatic heterocycles. The zero-order valence-electron chi connectivity index (χ0n) is 17.2. The highest BCUT2D eigenvalue weighted by Crippen LogP contribution is 2.38. The van der Waals surface area contributed by atoms with E-state index < -0.39 is 17.2 Å². The Labute approximate surface area is 175 Å². The summed E-state index contributed by atoms with van der Waals surface area (Å²) in [4.78, 5) is 25.6. The summed E-state index contributed by atoms with van der Waals surface area (Å²) >= 11 is 0. The quantitative estimate of drug-likeness (QED) is 0.690. The van der Waals surface area contributed by atoms with Crippen molar-refractivity contribution in [3.63, 3.8) is 0 Å². The van der Waals surface area contributed by atoms with E-state index in [9.17, 15) is 14.0 Å². The number of hydrogen-bond acceptors (Lipinski definition) is 5. The number of hydrogen-bond donors (Lipinski definition) is 1. The Morgan fingerprint density at radius 2 is 1.90 bits per heavy atom. The average molecular weight is 415 g/mol. The molecule has 0 unspecified atom stereocenters. The maximum atomic E-state index is 14.6. The van der Waals surface area contributed by atoms with Crippen LogP contribution in [0.2, 0.25) is 0 Å². The van der Waals surface area contributed by atoms with E-state index >= 15 is 0 Å². The van der Waals surface area contributed by atoms with Crippen molar-refractivity contribution in [1.82, 2.24) is 0 Å². The fourth-order valence-electron chi connectivity index (χ4n) is 3.65. The molecule has 1 saturated heterocycles. The average Bonchev–Trinajstić information content (AvgIpc) is 2.78. The number of benzene rings is 2. The predicted octanol–water partition coefficient (Wildman–Crippen LogP) is 4.09. The van der Waals surface area contributed by atoms with Crippen LogP contribution in [0.4, 0.5) is 10.1 Å². The van der Waals surface area contributed by atoms with Crippen LogP contribution in [0.25, 0.3) is 0 Å². The second kappa shape index (κ2) is 9.71. The van der Waals surface area contributed by atoms with Crippen LogP contribution in [0.5, 0.6) is 5.75 Å². The lowest BCUT2D eigenvalue weighted by Crippen LogP contribution is -2.45. The molecule has 2 aromatic carbocycles. The summed E-state index contributed by atoms with van der Waals surface area (Å²) in [7, 11) is 1.28. The number of amides is 1. The SMILES string of the molecule is CCCOc1ccc(NC(=O)C2(c3ccccc3F)CCOCC2)cc1C(=O)OC. The van der Waals surface area contributed by atoms with E-state index in [1.807, 2.05) is 6.92 Å². The molecule has 6 nitrogen and oxygen atoms in total. The van der Waals surface area contributed by atoms with Crippen LogP contribution in [-0.2, 0) is 19.7 Å². The van der Waals surface area contributed by atoms with Crippen LogP contribution < -0.4 is 10.1 Å². The topological polar surface area (TPSA) is 73.9 Å². The van der Waals surface area contributed by atoms with Gasteiger partial charge in [0.05, 0.1) is 19.1 Å². The Kier molecular flexibility index (Phi) is 7.05. The molecule has 2 aromatic rings. The monoisotopic (exact) mass is 415 g/mol. The number of anilines is 1. The van der Waals surface area contributed by atoms with Gasteiger partial charge >= 0.3 is 5.97 Å². The van der Waals surface area contributed by atoms with Crippen molar-refractivity contribution < 1.29 is 28.2 Å². The van der Waals surface area contributed by atoms with Gasteiger partial charge in [-0.2, -0.15) is 0 Å². The number of nitrogens with one attached hydrogen (secondary N) is 1. The molecule has 3 rings (SSSR count). The largest absolute Gasteiger partial charge is 0.493 e. The summed E-state index contributed by atoms with van der Waals surface area (Å²) in [6, 6.07) is 11.1. The van der Waals surface area contributed by atoms with Crippen molar-refractivity contribution in [2.24, 2.45) is 0 Å². The van der Waals surface area contributed by atoms with Crippen LogP contribution in [0.1, 0.15) is 42.1 Å². The van der Waals surface area contributed by atoms with Gasteiger partial charge in [-0.05, 0) is 43.5 Å². The fraction of sp³-hybridized carbons (Fsp3) is 0.391. The predicted molar refractivity (Wildman–Crippen MR) is 110 cm³/mol.